The summed E-state index contributed by atoms with van der Waals surface area (Å²) in [6.45, 7) is 6.68. The molecule has 0 aliphatic rings. The summed E-state index contributed by atoms with van der Waals surface area (Å²) in [5.41, 5.74) is 1.91. The molecular weight excluding hydrogens is 274 g/mol. The van der Waals surface area contributed by atoms with Crippen LogP contribution in [0.5, 0.6) is 5.75 Å². The van der Waals surface area contributed by atoms with Gasteiger partial charge in [-0.2, -0.15) is 0 Å². The first-order valence-electron chi connectivity index (χ1n) is 7.49. The van der Waals surface area contributed by atoms with Crippen molar-refractivity contribution in [1.82, 2.24) is 0 Å². The second-order valence-electron chi connectivity index (χ2n) is 6.58. The third-order valence-corrected chi connectivity index (χ3v) is 3.08. The second kappa shape index (κ2) is 7.12. The summed E-state index contributed by atoms with van der Waals surface area (Å²) in [4.78, 5) is 11.9. The van der Waals surface area contributed by atoms with Crippen LogP contribution in [0.4, 0.5) is 5.69 Å². The minimum Gasteiger partial charge on any atom is -0.489 e. The van der Waals surface area contributed by atoms with Gasteiger partial charge in [0.15, 0.2) is 0 Å². The lowest BCUT2D eigenvalue weighted by molar-refractivity contribution is -0.117. The average molecular weight is 297 g/mol. The smallest absolute Gasteiger partial charge is 0.224 e. The zero-order chi connectivity index (χ0) is 16.0. The fraction of sp³-hybridized carbons (Fsp3) is 0.316. The van der Waals surface area contributed by atoms with E-state index in [2.05, 4.69) is 5.32 Å². The number of carbonyl (C=O) groups is 1. The van der Waals surface area contributed by atoms with Gasteiger partial charge in [0.25, 0.3) is 0 Å². The van der Waals surface area contributed by atoms with E-state index in [1.165, 1.54) is 0 Å². The van der Waals surface area contributed by atoms with Crippen LogP contribution < -0.4 is 10.1 Å². The summed E-state index contributed by atoms with van der Waals surface area (Å²) < 4.78 is 5.72. The van der Waals surface area contributed by atoms with Gasteiger partial charge in [-0.1, -0.05) is 51.1 Å². The number of hydrogen-bond acceptors (Lipinski definition) is 2. The van der Waals surface area contributed by atoms with Crippen LogP contribution in [-0.2, 0) is 11.4 Å². The molecule has 3 heteroatoms. The Labute approximate surface area is 132 Å². The third-order valence-electron chi connectivity index (χ3n) is 3.08. The Hall–Kier alpha value is -2.29. The second-order valence-corrected chi connectivity index (χ2v) is 6.58. The predicted octanol–water partition coefficient (Wildman–Crippen LogP) is 4.64. The number of benzene rings is 2. The Balaban J connectivity index is 1.86. The van der Waals surface area contributed by atoms with E-state index in [0.29, 0.717) is 13.0 Å². The zero-order valence-electron chi connectivity index (χ0n) is 13.4. The van der Waals surface area contributed by atoms with Crippen molar-refractivity contribution in [2.45, 2.75) is 33.8 Å². The molecule has 0 radical (unpaired) electrons. The lowest BCUT2D eigenvalue weighted by Crippen LogP contribution is -2.19. The SMILES string of the molecule is CC(C)(C)CC(=O)Nc1ccc(OCc2ccccc2)cc1. The molecule has 0 aliphatic carbocycles. The van der Waals surface area contributed by atoms with Crippen molar-refractivity contribution in [1.29, 1.82) is 0 Å². The lowest BCUT2D eigenvalue weighted by Gasteiger charge is -2.17. The van der Waals surface area contributed by atoms with Crippen LogP contribution >= 0.6 is 0 Å². The van der Waals surface area contributed by atoms with Crippen molar-refractivity contribution in [3.05, 3.63) is 60.2 Å². The molecular formula is C19H23NO2. The summed E-state index contributed by atoms with van der Waals surface area (Å²) in [7, 11) is 0. The van der Waals surface area contributed by atoms with Gasteiger partial charge in [-0.25, -0.2) is 0 Å². The van der Waals surface area contributed by atoms with Crippen molar-refractivity contribution < 1.29 is 9.53 Å². The van der Waals surface area contributed by atoms with Gasteiger partial charge in [0.1, 0.15) is 12.4 Å². The topological polar surface area (TPSA) is 38.3 Å². The van der Waals surface area contributed by atoms with Crippen LogP contribution in [0, 0.1) is 5.41 Å². The largest absolute Gasteiger partial charge is 0.489 e. The van der Waals surface area contributed by atoms with Gasteiger partial charge in [-0.05, 0) is 35.2 Å². The Morgan fingerprint density at radius 3 is 2.23 bits per heavy atom. The van der Waals surface area contributed by atoms with Crippen molar-refractivity contribution >= 4 is 11.6 Å². The molecule has 0 atom stereocenters. The molecule has 2 aromatic carbocycles. The first-order chi connectivity index (χ1) is 10.4. The highest BCUT2D eigenvalue weighted by Crippen LogP contribution is 2.21. The van der Waals surface area contributed by atoms with Crippen LogP contribution in [0.15, 0.2) is 54.6 Å². The Morgan fingerprint density at radius 2 is 1.64 bits per heavy atom. The molecule has 0 fully saturated rings. The number of ether oxygens (including phenoxy) is 1. The highest BCUT2D eigenvalue weighted by atomic mass is 16.5. The number of anilines is 1. The molecule has 0 aromatic heterocycles. The first kappa shape index (κ1) is 16.1. The maximum Gasteiger partial charge on any atom is 0.224 e. The van der Waals surface area contributed by atoms with Gasteiger partial charge in [0, 0.05) is 12.1 Å². The molecule has 2 rings (SSSR count). The van der Waals surface area contributed by atoms with E-state index in [-0.39, 0.29) is 11.3 Å². The van der Waals surface area contributed by atoms with Crippen molar-refractivity contribution in [2.24, 2.45) is 5.41 Å². The van der Waals surface area contributed by atoms with E-state index in [9.17, 15) is 4.79 Å². The number of nitrogens with one attached hydrogen (secondary N) is 1. The van der Waals surface area contributed by atoms with Gasteiger partial charge in [0.2, 0.25) is 5.91 Å². The molecule has 2 aromatic rings. The van der Waals surface area contributed by atoms with E-state index >= 15 is 0 Å². The maximum atomic E-state index is 11.9. The molecule has 116 valence electrons. The van der Waals surface area contributed by atoms with E-state index in [0.717, 1.165) is 17.0 Å². The minimum absolute atomic E-state index is 0.0111. The summed E-state index contributed by atoms with van der Waals surface area (Å²) in [6.07, 6.45) is 0.499. The molecule has 1 amide bonds. The summed E-state index contributed by atoms with van der Waals surface area (Å²) >= 11 is 0. The van der Waals surface area contributed by atoms with Crippen LogP contribution in [0.2, 0.25) is 0 Å². The van der Waals surface area contributed by atoms with Gasteiger partial charge in [-0.3, -0.25) is 4.79 Å². The molecule has 0 bridgehead atoms. The van der Waals surface area contributed by atoms with Gasteiger partial charge in [-0.15, -0.1) is 0 Å². The normalized spacial score (nSPS) is 11.0. The monoisotopic (exact) mass is 297 g/mol. The molecule has 1 N–H and O–H groups in total. The van der Waals surface area contributed by atoms with Crippen LogP contribution in [0.3, 0.4) is 0 Å². The highest BCUT2D eigenvalue weighted by molar-refractivity contribution is 5.91. The predicted molar refractivity (Wildman–Crippen MR) is 89.9 cm³/mol. The number of carbonyl (C=O) groups excluding carboxylic acids is 1. The van der Waals surface area contributed by atoms with Crippen LogP contribution in [0.25, 0.3) is 0 Å². The van der Waals surface area contributed by atoms with E-state index in [1.54, 1.807) is 0 Å². The van der Waals surface area contributed by atoms with Gasteiger partial charge < -0.3 is 10.1 Å². The zero-order valence-corrected chi connectivity index (χ0v) is 13.4. The fourth-order valence-corrected chi connectivity index (χ4v) is 2.06. The summed E-state index contributed by atoms with van der Waals surface area (Å²) in [5.74, 6) is 0.822. The van der Waals surface area contributed by atoms with Crippen molar-refractivity contribution in [3.8, 4) is 5.75 Å². The number of rotatable bonds is 5. The molecule has 0 unspecified atom stereocenters. The van der Waals surface area contributed by atoms with Crippen LogP contribution in [-0.4, -0.2) is 5.91 Å². The quantitative estimate of drug-likeness (QED) is 0.873. The number of hydrogen-bond donors (Lipinski definition) is 1. The standard InChI is InChI=1S/C19H23NO2/c1-19(2,3)13-18(21)20-16-9-11-17(12-10-16)22-14-15-7-5-4-6-8-15/h4-12H,13-14H2,1-3H3,(H,20,21). The maximum absolute atomic E-state index is 11.9. The van der Waals surface area contributed by atoms with Gasteiger partial charge in [0.05, 0.1) is 0 Å². The van der Waals surface area contributed by atoms with Crippen LogP contribution in [0.1, 0.15) is 32.8 Å². The minimum atomic E-state index is -0.0111. The Bertz CT molecular complexity index is 598. The first-order valence-corrected chi connectivity index (χ1v) is 7.49. The molecule has 0 heterocycles. The Kier molecular flexibility index (Phi) is 5.21. The fourth-order valence-electron chi connectivity index (χ4n) is 2.06. The van der Waals surface area contributed by atoms with E-state index in [4.69, 9.17) is 4.74 Å². The third kappa shape index (κ3) is 5.60. The van der Waals surface area contributed by atoms with Crippen molar-refractivity contribution in [3.63, 3.8) is 0 Å². The molecule has 22 heavy (non-hydrogen) atoms. The van der Waals surface area contributed by atoms with Gasteiger partial charge >= 0.3 is 0 Å². The molecule has 0 aliphatic heterocycles. The summed E-state index contributed by atoms with van der Waals surface area (Å²) in [6, 6.07) is 17.5. The molecule has 0 saturated carbocycles. The molecule has 0 saturated heterocycles. The highest BCUT2D eigenvalue weighted by Gasteiger charge is 2.15. The van der Waals surface area contributed by atoms with Crippen molar-refractivity contribution in [2.75, 3.05) is 5.32 Å². The van der Waals surface area contributed by atoms with E-state index < -0.39 is 0 Å². The molecule has 3 nitrogen and oxygen atoms in total. The summed E-state index contributed by atoms with van der Waals surface area (Å²) in [5, 5.41) is 2.90. The van der Waals surface area contributed by atoms with E-state index in [1.807, 2.05) is 75.4 Å². The average Bonchev–Trinajstić information content (AvgIpc) is 2.45. The Morgan fingerprint density at radius 1 is 1.00 bits per heavy atom. The lowest BCUT2D eigenvalue weighted by atomic mass is 9.92. The molecule has 0 spiro atoms. The number of amides is 1.